The molecule has 0 aliphatic carbocycles. The third kappa shape index (κ3) is 2.35. The number of hydrogen-bond donors (Lipinski definition) is 2. The van der Waals surface area contributed by atoms with Crippen molar-refractivity contribution in [2.75, 3.05) is 23.7 Å². The summed E-state index contributed by atoms with van der Waals surface area (Å²) in [5, 5.41) is 20.8. The summed E-state index contributed by atoms with van der Waals surface area (Å²) < 4.78 is 0. The van der Waals surface area contributed by atoms with Crippen LogP contribution in [0.3, 0.4) is 0 Å². The molecular formula is C11H16N4O3. The Morgan fingerprint density at radius 1 is 1.61 bits per heavy atom. The smallest absolute Gasteiger partial charge is 0.311 e. The molecule has 7 nitrogen and oxygen atoms in total. The molecule has 7 heteroatoms. The van der Waals surface area contributed by atoms with Gasteiger partial charge in [0.15, 0.2) is 0 Å². The van der Waals surface area contributed by atoms with Gasteiger partial charge in [0, 0.05) is 19.2 Å². The topological polar surface area (TPSA) is 106 Å². The number of pyridine rings is 1. The van der Waals surface area contributed by atoms with E-state index in [0.717, 1.165) is 6.42 Å². The van der Waals surface area contributed by atoms with Crippen LogP contribution >= 0.6 is 0 Å². The molecule has 1 aliphatic heterocycles. The number of nitrogens with two attached hydrogens (primary N) is 1. The van der Waals surface area contributed by atoms with E-state index in [1.54, 1.807) is 4.90 Å². The summed E-state index contributed by atoms with van der Waals surface area (Å²) in [6.45, 7) is 2.94. The van der Waals surface area contributed by atoms with Gasteiger partial charge in [0.25, 0.3) is 0 Å². The number of β-amino-alcohol motifs (C(OH)–C–C–N with tert-alkyl or cyclic N) is 1. The first-order valence-electron chi connectivity index (χ1n) is 5.83. The van der Waals surface area contributed by atoms with Gasteiger partial charge in [-0.3, -0.25) is 10.1 Å². The molecule has 1 aliphatic rings. The molecule has 3 N–H and O–H groups in total. The quantitative estimate of drug-likeness (QED) is 0.595. The molecule has 1 aromatic heterocycles. The van der Waals surface area contributed by atoms with Crippen LogP contribution in [0.4, 0.5) is 17.3 Å². The number of aliphatic hydroxyl groups is 1. The standard InChI is InChI=1S/C11H16N4O3/c1-7-4-5-14(6-9(7)16)11-8(15(17)18)2-3-10(12)13-11/h2-3,7,9,16H,4-6H2,1H3,(H2,12,13). The van der Waals surface area contributed by atoms with Crippen LogP contribution in [0.5, 0.6) is 0 Å². The summed E-state index contributed by atoms with van der Waals surface area (Å²) in [6, 6.07) is 2.76. The summed E-state index contributed by atoms with van der Waals surface area (Å²) >= 11 is 0. The molecular weight excluding hydrogens is 236 g/mol. The number of nitrogens with zero attached hydrogens (tertiary/aromatic N) is 3. The Bertz CT molecular complexity index is 466. The molecule has 98 valence electrons. The molecule has 0 aromatic carbocycles. The van der Waals surface area contributed by atoms with Gasteiger partial charge in [-0.15, -0.1) is 0 Å². The van der Waals surface area contributed by atoms with E-state index >= 15 is 0 Å². The van der Waals surface area contributed by atoms with Gasteiger partial charge in [0.2, 0.25) is 5.82 Å². The Morgan fingerprint density at radius 3 is 2.94 bits per heavy atom. The lowest BCUT2D eigenvalue weighted by Crippen LogP contribution is -2.43. The fraction of sp³-hybridized carbons (Fsp3) is 0.545. The zero-order chi connectivity index (χ0) is 13.3. The highest BCUT2D eigenvalue weighted by Gasteiger charge is 2.29. The van der Waals surface area contributed by atoms with E-state index in [2.05, 4.69) is 4.98 Å². The lowest BCUT2D eigenvalue weighted by atomic mass is 9.96. The van der Waals surface area contributed by atoms with E-state index in [-0.39, 0.29) is 23.2 Å². The molecule has 1 aromatic rings. The third-order valence-electron chi connectivity index (χ3n) is 3.29. The van der Waals surface area contributed by atoms with Crippen LogP contribution in [0.2, 0.25) is 0 Å². The van der Waals surface area contributed by atoms with Crippen LogP contribution in [0.25, 0.3) is 0 Å². The maximum atomic E-state index is 11.0. The van der Waals surface area contributed by atoms with Crippen molar-refractivity contribution in [2.24, 2.45) is 5.92 Å². The van der Waals surface area contributed by atoms with Gasteiger partial charge in [-0.05, 0) is 18.4 Å². The number of aromatic nitrogens is 1. The monoisotopic (exact) mass is 252 g/mol. The second kappa shape index (κ2) is 4.77. The van der Waals surface area contributed by atoms with Crippen LogP contribution < -0.4 is 10.6 Å². The number of rotatable bonds is 2. The van der Waals surface area contributed by atoms with Crippen LogP contribution in [0.15, 0.2) is 12.1 Å². The Hall–Kier alpha value is -1.89. The van der Waals surface area contributed by atoms with E-state index in [9.17, 15) is 15.2 Å². The molecule has 0 spiro atoms. The zero-order valence-electron chi connectivity index (χ0n) is 10.1. The van der Waals surface area contributed by atoms with Crippen LogP contribution in [0.1, 0.15) is 13.3 Å². The van der Waals surface area contributed by atoms with Crippen LogP contribution in [0, 0.1) is 16.0 Å². The second-order valence-electron chi connectivity index (χ2n) is 4.62. The molecule has 1 saturated heterocycles. The lowest BCUT2D eigenvalue weighted by molar-refractivity contribution is -0.384. The highest BCUT2D eigenvalue weighted by molar-refractivity contribution is 5.61. The molecule has 18 heavy (non-hydrogen) atoms. The van der Waals surface area contributed by atoms with Gasteiger partial charge in [-0.1, -0.05) is 6.92 Å². The number of aliphatic hydroxyl groups excluding tert-OH is 1. The molecule has 0 saturated carbocycles. The number of anilines is 2. The Labute approximate surface area is 104 Å². The average Bonchev–Trinajstić information content (AvgIpc) is 2.32. The summed E-state index contributed by atoms with van der Waals surface area (Å²) in [5.41, 5.74) is 5.50. The number of hydrogen-bond acceptors (Lipinski definition) is 6. The molecule has 2 heterocycles. The number of piperidine rings is 1. The molecule has 2 unspecified atom stereocenters. The summed E-state index contributed by atoms with van der Waals surface area (Å²) in [5.74, 6) is 0.677. The normalized spacial score (nSPS) is 24.0. The fourth-order valence-corrected chi connectivity index (χ4v) is 2.07. The minimum atomic E-state index is -0.499. The van der Waals surface area contributed by atoms with Crippen molar-refractivity contribution in [1.82, 2.24) is 4.98 Å². The van der Waals surface area contributed by atoms with E-state index in [4.69, 9.17) is 5.73 Å². The highest BCUT2D eigenvalue weighted by atomic mass is 16.6. The predicted octanol–water partition coefficient (Wildman–Crippen LogP) is 0.779. The number of nitrogen functional groups attached to an aromatic ring is 1. The van der Waals surface area contributed by atoms with Crippen molar-refractivity contribution in [3.8, 4) is 0 Å². The van der Waals surface area contributed by atoms with Gasteiger partial charge >= 0.3 is 5.69 Å². The first kappa shape index (κ1) is 12.6. The fourth-order valence-electron chi connectivity index (χ4n) is 2.07. The van der Waals surface area contributed by atoms with Gasteiger partial charge in [0.1, 0.15) is 5.82 Å². The van der Waals surface area contributed by atoms with Crippen molar-refractivity contribution in [2.45, 2.75) is 19.4 Å². The third-order valence-corrected chi connectivity index (χ3v) is 3.29. The van der Waals surface area contributed by atoms with Crippen molar-refractivity contribution < 1.29 is 10.0 Å². The predicted molar refractivity (Wildman–Crippen MR) is 67.3 cm³/mol. The maximum Gasteiger partial charge on any atom is 0.311 e. The molecule has 0 amide bonds. The zero-order valence-corrected chi connectivity index (χ0v) is 10.1. The molecule has 2 atom stereocenters. The van der Waals surface area contributed by atoms with Gasteiger partial charge in [0.05, 0.1) is 11.0 Å². The highest BCUT2D eigenvalue weighted by Crippen LogP contribution is 2.30. The van der Waals surface area contributed by atoms with Gasteiger partial charge < -0.3 is 15.7 Å². The van der Waals surface area contributed by atoms with Gasteiger partial charge in [-0.25, -0.2) is 4.98 Å². The molecule has 0 bridgehead atoms. The average molecular weight is 252 g/mol. The van der Waals surface area contributed by atoms with Gasteiger partial charge in [-0.2, -0.15) is 0 Å². The minimum Gasteiger partial charge on any atom is -0.391 e. The molecule has 2 rings (SSSR count). The van der Waals surface area contributed by atoms with Crippen molar-refractivity contribution in [3.63, 3.8) is 0 Å². The SMILES string of the molecule is CC1CCN(c2nc(N)ccc2[N+](=O)[O-])CC1O. The molecule has 0 radical (unpaired) electrons. The summed E-state index contributed by atoms with van der Waals surface area (Å²) in [4.78, 5) is 16.2. The maximum absolute atomic E-state index is 11.0. The van der Waals surface area contributed by atoms with E-state index < -0.39 is 11.0 Å². The summed E-state index contributed by atoms with van der Waals surface area (Å²) in [7, 11) is 0. The summed E-state index contributed by atoms with van der Waals surface area (Å²) in [6.07, 6.45) is 0.274. The van der Waals surface area contributed by atoms with Crippen molar-refractivity contribution in [1.29, 1.82) is 0 Å². The van der Waals surface area contributed by atoms with E-state index in [0.29, 0.717) is 13.1 Å². The van der Waals surface area contributed by atoms with Crippen molar-refractivity contribution >= 4 is 17.3 Å². The second-order valence-corrected chi connectivity index (χ2v) is 4.62. The lowest BCUT2D eigenvalue weighted by Gasteiger charge is -2.34. The van der Waals surface area contributed by atoms with Crippen molar-refractivity contribution in [3.05, 3.63) is 22.2 Å². The van der Waals surface area contributed by atoms with E-state index in [1.807, 2.05) is 6.92 Å². The van der Waals surface area contributed by atoms with Crippen LogP contribution in [-0.4, -0.2) is 34.2 Å². The Kier molecular flexibility index (Phi) is 3.33. The Balaban J connectivity index is 2.32. The molecule has 1 fully saturated rings. The minimum absolute atomic E-state index is 0.0778. The first-order valence-corrected chi connectivity index (χ1v) is 5.83. The Morgan fingerprint density at radius 2 is 2.33 bits per heavy atom. The van der Waals surface area contributed by atoms with Crippen LogP contribution in [-0.2, 0) is 0 Å². The van der Waals surface area contributed by atoms with E-state index in [1.165, 1.54) is 12.1 Å². The number of nitro groups is 1. The largest absolute Gasteiger partial charge is 0.391 e. The first-order chi connectivity index (χ1) is 8.49.